The zero-order valence-electron chi connectivity index (χ0n) is 16.7. The molecule has 1 fully saturated rings. The molecule has 0 aromatic carbocycles. The topological polar surface area (TPSA) is 93.8 Å². The molecule has 3 aliphatic rings. The maximum atomic E-state index is 12.8. The van der Waals surface area contributed by atoms with Gasteiger partial charge in [-0.3, -0.25) is 9.59 Å². The maximum absolute atomic E-state index is 12.8. The lowest BCUT2D eigenvalue weighted by Gasteiger charge is -2.56. The minimum Gasteiger partial charge on any atom is -0.293 e. The summed E-state index contributed by atoms with van der Waals surface area (Å²) in [6, 6.07) is 4.02. The van der Waals surface area contributed by atoms with Gasteiger partial charge in [0.25, 0.3) is 0 Å². The van der Waals surface area contributed by atoms with Gasteiger partial charge in [0.1, 0.15) is 12.1 Å². The van der Waals surface area contributed by atoms with Gasteiger partial charge in [-0.2, -0.15) is 10.5 Å². The van der Waals surface area contributed by atoms with E-state index in [1.54, 1.807) is 12.2 Å². The maximum Gasteiger partial charge on any atom is 0.196 e. The number of nitriles is 2. The predicted octanol–water partition coefficient (Wildman–Crippen LogP) is 3.54. The molecular weight excluding hydrogens is 386 g/mol. The molecule has 0 aromatic heterocycles. The Morgan fingerprint density at radius 1 is 1.17 bits per heavy atom. The summed E-state index contributed by atoms with van der Waals surface area (Å²) in [5.41, 5.74) is -1.23. The van der Waals surface area contributed by atoms with E-state index in [4.69, 9.17) is 11.8 Å². The normalized spacial score (nSPS) is 32.2. The molecule has 148 valence electrons. The summed E-state index contributed by atoms with van der Waals surface area (Å²) in [6.45, 7) is 6.23. The molecule has 3 atom stereocenters. The van der Waals surface area contributed by atoms with Gasteiger partial charge in [0.2, 0.25) is 0 Å². The molecule has 0 heterocycles. The second-order valence-corrected chi connectivity index (χ2v) is 8.86. The number of nitrogens with one attached hydrogen (secondary N) is 1. The van der Waals surface area contributed by atoms with Crippen molar-refractivity contribution in [1.82, 2.24) is 4.84 Å². The number of rotatable bonds is 2. The first-order valence-corrected chi connectivity index (χ1v) is 9.95. The molecule has 3 aliphatic carbocycles. The molecule has 0 amide bonds. The Morgan fingerprint density at radius 2 is 1.86 bits per heavy atom. The number of carbonyl (C=O) groups excluding carboxylic acids is 2. The van der Waals surface area contributed by atoms with Crippen LogP contribution in [0, 0.1) is 56.7 Å². The zero-order valence-corrected chi connectivity index (χ0v) is 17.5. The summed E-state index contributed by atoms with van der Waals surface area (Å²) < 4.78 is 0. The molecule has 0 aliphatic heterocycles. The largest absolute Gasteiger partial charge is 0.293 e. The number of Topliss-reactive ketones (excluding diaryl/α,β-unsaturated/α-hetero) is 1. The standard InChI is InChI=1S/C23H22ClN3O2/c1-21(2)18-6-8-23(7-4-5-9-27-24)12-15(13-25)17(28)10-19(23)22(18,3)11-16(14-26)20(21)29/h10-12,18,27H,5-6,8-9H2,1-3H3/t18-,22-,23-/m0/s1. The van der Waals surface area contributed by atoms with E-state index in [-0.39, 0.29) is 28.6 Å². The number of nitrogens with zero attached hydrogens (tertiary/aromatic N) is 2. The van der Waals surface area contributed by atoms with Crippen molar-refractivity contribution in [3.05, 3.63) is 34.9 Å². The fourth-order valence-electron chi connectivity index (χ4n) is 5.26. The van der Waals surface area contributed by atoms with Crippen LogP contribution in [0.15, 0.2) is 34.9 Å². The highest BCUT2D eigenvalue weighted by Gasteiger charge is 2.59. The molecule has 0 unspecified atom stereocenters. The zero-order chi connectivity index (χ0) is 21.4. The Hall–Kier alpha value is -2.65. The van der Waals surface area contributed by atoms with Gasteiger partial charge in [-0.1, -0.05) is 32.8 Å². The van der Waals surface area contributed by atoms with E-state index in [2.05, 4.69) is 16.7 Å². The van der Waals surface area contributed by atoms with Crippen molar-refractivity contribution in [3.63, 3.8) is 0 Å². The van der Waals surface area contributed by atoms with Gasteiger partial charge >= 0.3 is 0 Å². The number of hydrogen-bond donors (Lipinski definition) is 1. The molecular formula is C23H22ClN3O2. The van der Waals surface area contributed by atoms with Crippen molar-refractivity contribution in [2.45, 2.75) is 40.0 Å². The van der Waals surface area contributed by atoms with Crippen molar-refractivity contribution in [2.75, 3.05) is 6.54 Å². The van der Waals surface area contributed by atoms with Crippen LogP contribution in [-0.2, 0) is 9.59 Å². The summed E-state index contributed by atoms with van der Waals surface area (Å²) in [5.74, 6) is 5.82. The minimum absolute atomic E-state index is 0.0740. The second kappa shape index (κ2) is 7.31. The third-order valence-electron chi connectivity index (χ3n) is 6.59. The molecule has 29 heavy (non-hydrogen) atoms. The Morgan fingerprint density at radius 3 is 2.48 bits per heavy atom. The van der Waals surface area contributed by atoms with E-state index in [9.17, 15) is 20.1 Å². The van der Waals surface area contributed by atoms with Gasteiger partial charge in [0, 0.05) is 23.8 Å². The first-order valence-electron chi connectivity index (χ1n) is 9.57. The molecule has 1 saturated carbocycles. The predicted molar refractivity (Wildman–Crippen MR) is 109 cm³/mol. The SMILES string of the molecule is CC1(C)C(=O)C(C#N)=C[C@]2(C)C3=CC(=O)C(C#N)=C[C@]3(C#CCCNCl)CC[C@@H]12. The van der Waals surface area contributed by atoms with Crippen molar-refractivity contribution in [1.29, 1.82) is 10.5 Å². The Balaban J connectivity index is 2.23. The van der Waals surface area contributed by atoms with E-state index >= 15 is 0 Å². The number of carbonyl (C=O) groups is 2. The van der Waals surface area contributed by atoms with Crippen molar-refractivity contribution >= 4 is 23.3 Å². The summed E-state index contributed by atoms with van der Waals surface area (Å²) in [7, 11) is 0. The Labute approximate surface area is 176 Å². The van der Waals surface area contributed by atoms with Crippen molar-refractivity contribution < 1.29 is 9.59 Å². The quantitative estimate of drug-likeness (QED) is 0.429. The third kappa shape index (κ3) is 3.14. The number of hydrogen-bond acceptors (Lipinski definition) is 5. The van der Waals surface area contributed by atoms with E-state index < -0.39 is 16.2 Å². The first-order chi connectivity index (χ1) is 13.7. The van der Waals surface area contributed by atoms with Gasteiger partial charge in [-0.15, -0.1) is 5.92 Å². The lowest BCUT2D eigenvalue weighted by molar-refractivity contribution is -0.130. The smallest absolute Gasteiger partial charge is 0.196 e. The number of fused-ring (bicyclic) bond motifs is 3. The fraction of sp³-hybridized carbons (Fsp3) is 0.478. The molecule has 3 rings (SSSR count). The third-order valence-corrected chi connectivity index (χ3v) is 6.77. The summed E-state index contributed by atoms with van der Waals surface area (Å²) in [5, 5.41) is 19.0. The summed E-state index contributed by atoms with van der Waals surface area (Å²) in [4.78, 5) is 28.0. The highest BCUT2D eigenvalue weighted by atomic mass is 35.5. The van der Waals surface area contributed by atoms with Crippen LogP contribution in [0.1, 0.15) is 40.0 Å². The summed E-state index contributed by atoms with van der Waals surface area (Å²) >= 11 is 5.51. The van der Waals surface area contributed by atoms with Gasteiger partial charge in [0.05, 0.1) is 16.6 Å². The van der Waals surface area contributed by atoms with E-state index in [1.165, 1.54) is 6.08 Å². The Bertz CT molecular complexity index is 1030. The van der Waals surface area contributed by atoms with Gasteiger partial charge in [0.15, 0.2) is 11.6 Å². The fourth-order valence-corrected chi connectivity index (χ4v) is 5.36. The van der Waals surface area contributed by atoms with Crippen LogP contribution < -0.4 is 4.84 Å². The van der Waals surface area contributed by atoms with Crippen LogP contribution in [0.4, 0.5) is 0 Å². The lowest BCUT2D eigenvalue weighted by atomic mass is 9.45. The number of halogens is 1. The van der Waals surface area contributed by atoms with Crippen LogP contribution >= 0.6 is 11.8 Å². The van der Waals surface area contributed by atoms with Gasteiger partial charge in [-0.25, -0.2) is 4.84 Å². The molecule has 0 radical (unpaired) electrons. The van der Waals surface area contributed by atoms with E-state index in [0.717, 1.165) is 5.57 Å². The second-order valence-electron chi connectivity index (χ2n) is 8.59. The van der Waals surface area contributed by atoms with Crippen LogP contribution in [0.2, 0.25) is 0 Å². The molecule has 0 saturated heterocycles. The number of ketones is 2. The van der Waals surface area contributed by atoms with Crippen molar-refractivity contribution in [3.8, 4) is 24.0 Å². The van der Waals surface area contributed by atoms with Crippen LogP contribution in [0.5, 0.6) is 0 Å². The molecule has 6 heteroatoms. The highest BCUT2D eigenvalue weighted by molar-refractivity contribution is 6.13. The van der Waals surface area contributed by atoms with Crippen LogP contribution in [0.3, 0.4) is 0 Å². The average molecular weight is 408 g/mol. The number of allylic oxidation sites excluding steroid dienone is 6. The van der Waals surface area contributed by atoms with Crippen molar-refractivity contribution in [2.24, 2.45) is 22.2 Å². The van der Waals surface area contributed by atoms with E-state index in [0.29, 0.717) is 25.8 Å². The molecule has 0 aromatic rings. The molecule has 5 nitrogen and oxygen atoms in total. The van der Waals surface area contributed by atoms with E-state index in [1.807, 2.05) is 32.9 Å². The first kappa shape index (κ1) is 21.1. The van der Waals surface area contributed by atoms with Crippen LogP contribution in [-0.4, -0.2) is 18.1 Å². The highest BCUT2D eigenvalue weighted by Crippen LogP contribution is 2.63. The monoisotopic (exact) mass is 407 g/mol. The molecule has 1 N–H and O–H groups in total. The minimum atomic E-state index is -0.774. The Kier molecular flexibility index (Phi) is 5.31. The van der Waals surface area contributed by atoms with Gasteiger partial charge in [-0.05, 0) is 48.3 Å². The molecule has 0 bridgehead atoms. The van der Waals surface area contributed by atoms with Crippen LogP contribution in [0.25, 0.3) is 0 Å². The molecule has 0 spiro atoms. The van der Waals surface area contributed by atoms with Gasteiger partial charge < -0.3 is 0 Å². The summed E-state index contributed by atoms with van der Waals surface area (Å²) in [6.07, 6.45) is 6.71. The average Bonchev–Trinajstić information content (AvgIpc) is 2.69. The lowest BCUT2D eigenvalue weighted by Crippen LogP contribution is -2.53.